The van der Waals surface area contributed by atoms with Crippen LogP contribution in [0.1, 0.15) is 71.6 Å². The molecular formula is C14H28. The van der Waals surface area contributed by atoms with E-state index in [2.05, 4.69) is 20.4 Å². The molecule has 0 nitrogen and oxygen atoms in total. The van der Waals surface area contributed by atoms with Crippen molar-refractivity contribution in [2.45, 2.75) is 71.6 Å². The van der Waals surface area contributed by atoms with E-state index in [0.29, 0.717) is 0 Å². The SMILES string of the molecule is C=CCCCCCCC(C)CCCC. The van der Waals surface area contributed by atoms with Crippen molar-refractivity contribution >= 4 is 0 Å². The van der Waals surface area contributed by atoms with E-state index in [0.717, 1.165) is 5.92 Å². The van der Waals surface area contributed by atoms with Crippen molar-refractivity contribution in [2.75, 3.05) is 0 Å². The number of allylic oxidation sites excluding steroid dienone is 1. The minimum Gasteiger partial charge on any atom is -0.103 e. The van der Waals surface area contributed by atoms with Crippen molar-refractivity contribution in [2.24, 2.45) is 5.92 Å². The number of rotatable bonds is 10. The van der Waals surface area contributed by atoms with Crippen LogP contribution in [0.5, 0.6) is 0 Å². The van der Waals surface area contributed by atoms with Gasteiger partial charge in [-0.3, -0.25) is 0 Å². The molecule has 1 atom stereocenters. The molecule has 0 aromatic rings. The van der Waals surface area contributed by atoms with Gasteiger partial charge in [-0.15, -0.1) is 6.58 Å². The Hall–Kier alpha value is -0.260. The summed E-state index contributed by atoms with van der Waals surface area (Å²) >= 11 is 0. The maximum absolute atomic E-state index is 3.74. The molecule has 84 valence electrons. The first-order chi connectivity index (χ1) is 6.81. The number of unbranched alkanes of at least 4 members (excludes halogenated alkanes) is 5. The van der Waals surface area contributed by atoms with Crippen molar-refractivity contribution in [1.29, 1.82) is 0 Å². The lowest BCUT2D eigenvalue weighted by Crippen LogP contribution is -1.94. The van der Waals surface area contributed by atoms with Gasteiger partial charge in [0.15, 0.2) is 0 Å². The predicted molar refractivity (Wildman–Crippen MR) is 66.6 cm³/mol. The third-order valence-electron chi connectivity index (χ3n) is 2.91. The van der Waals surface area contributed by atoms with E-state index >= 15 is 0 Å². The molecule has 0 radical (unpaired) electrons. The van der Waals surface area contributed by atoms with E-state index < -0.39 is 0 Å². The highest BCUT2D eigenvalue weighted by Crippen LogP contribution is 2.16. The Morgan fingerprint density at radius 2 is 1.64 bits per heavy atom. The molecule has 0 N–H and O–H groups in total. The van der Waals surface area contributed by atoms with Gasteiger partial charge < -0.3 is 0 Å². The first-order valence-electron chi connectivity index (χ1n) is 6.42. The minimum absolute atomic E-state index is 0.953. The molecule has 0 aliphatic heterocycles. The molecule has 0 bridgehead atoms. The molecule has 0 heteroatoms. The second kappa shape index (κ2) is 10.8. The van der Waals surface area contributed by atoms with Crippen molar-refractivity contribution in [3.63, 3.8) is 0 Å². The second-order valence-corrected chi connectivity index (χ2v) is 4.53. The van der Waals surface area contributed by atoms with Crippen LogP contribution in [-0.4, -0.2) is 0 Å². The predicted octanol–water partition coefficient (Wildman–Crippen LogP) is 5.34. The molecule has 0 aromatic heterocycles. The lowest BCUT2D eigenvalue weighted by atomic mass is 9.97. The van der Waals surface area contributed by atoms with Gasteiger partial charge in [0.1, 0.15) is 0 Å². The lowest BCUT2D eigenvalue weighted by molar-refractivity contribution is 0.443. The molecule has 0 aromatic carbocycles. The van der Waals surface area contributed by atoms with Gasteiger partial charge in [0, 0.05) is 0 Å². The van der Waals surface area contributed by atoms with Crippen LogP contribution in [0.2, 0.25) is 0 Å². The minimum atomic E-state index is 0.953. The summed E-state index contributed by atoms with van der Waals surface area (Å²) in [5.74, 6) is 0.953. The topological polar surface area (TPSA) is 0 Å². The lowest BCUT2D eigenvalue weighted by Gasteiger charge is -2.09. The molecule has 0 heterocycles. The summed E-state index contributed by atoms with van der Waals surface area (Å²) in [7, 11) is 0. The molecule has 0 saturated carbocycles. The van der Waals surface area contributed by atoms with Gasteiger partial charge in [0.2, 0.25) is 0 Å². The summed E-state index contributed by atoms with van der Waals surface area (Å²) in [4.78, 5) is 0. The summed E-state index contributed by atoms with van der Waals surface area (Å²) in [5, 5.41) is 0. The second-order valence-electron chi connectivity index (χ2n) is 4.53. The zero-order chi connectivity index (χ0) is 10.6. The quantitative estimate of drug-likeness (QED) is 0.327. The van der Waals surface area contributed by atoms with E-state index in [1.807, 2.05) is 6.08 Å². The van der Waals surface area contributed by atoms with Crippen LogP contribution in [-0.2, 0) is 0 Å². The molecule has 0 saturated heterocycles. The largest absolute Gasteiger partial charge is 0.103 e. The summed E-state index contributed by atoms with van der Waals surface area (Å²) in [6, 6.07) is 0. The van der Waals surface area contributed by atoms with Gasteiger partial charge in [0.05, 0.1) is 0 Å². The van der Waals surface area contributed by atoms with E-state index in [1.54, 1.807) is 0 Å². The van der Waals surface area contributed by atoms with Crippen LogP contribution in [0.25, 0.3) is 0 Å². The smallest absolute Gasteiger partial charge is 0.0353 e. The highest BCUT2D eigenvalue weighted by atomic mass is 14.1. The summed E-state index contributed by atoms with van der Waals surface area (Å²) in [5.41, 5.74) is 0. The highest BCUT2D eigenvalue weighted by Gasteiger charge is 2.00. The normalized spacial score (nSPS) is 12.7. The Bertz CT molecular complexity index is 115. The average Bonchev–Trinajstić information content (AvgIpc) is 2.20. The number of hydrogen-bond acceptors (Lipinski definition) is 0. The number of hydrogen-bond donors (Lipinski definition) is 0. The summed E-state index contributed by atoms with van der Waals surface area (Å²) in [6.45, 7) is 8.42. The van der Waals surface area contributed by atoms with E-state index in [9.17, 15) is 0 Å². The van der Waals surface area contributed by atoms with Crippen molar-refractivity contribution in [1.82, 2.24) is 0 Å². The standard InChI is InChI=1S/C14H28/c1-4-6-8-9-10-11-13-14(3)12-7-5-2/h4,14H,1,5-13H2,2-3H3. The monoisotopic (exact) mass is 196 g/mol. The fourth-order valence-corrected chi connectivity index (χ4v) is 1.83. The molecule has 1 unspecified atom stereocenters. The maximum Gasteiger partial charge on any atom is -0.0353 e. The van der Waals surface area contributed by atoms with Gasteiger partial charge in [-0.1, -0.05) is 64.9 Å². The Morgan fingerprint density at radius 3 is 2.29 bits per heavy atom. The maximum atomic E-state index is 3.74. The van der Waals surface area contributed by atoms with Crippen LogP contribution in [0.15, 0.2) is 12.7 Å². The molecular weight excluding hydrogens is 168 g/mol. The molecule has 0 aliphatic carbocycles. The zero-order valence-electron chi connectivity index (χ0n) is 10.2. The Labute approximate surface area is 90.8 Å². The molecule has 0 amide bonds. The van der Waals surface area contributed by atoms with Crippen LogP contribution in [0, 0.1) is 5.92 Å². The fraction of sp³-hybridized carbons (Fsp3) is 0.857. The van der Waals surface area contributed by atoms with Gasteiger partial charge in [-0.25, -0.2) is 0 Å². The third-order valence-corrected chi connectivity index (χ3v) is 2.91. The zero-order valence-corrected chi connectivity index (χ0v) is 10.2. The summed E-state index contributed by atoms with van der Waals surface area (Å²) in [6.07, 6.45) is 14.5. The molecule has 0 rings (SSSR count). The van der Waals surface area contributed by atoms with Crippen LogP contribution in [0.4, 0.5) is 0 Å². The first-order valence-corrected chi connectivity index (χ1v) is 6.42. The molecule has 14 heavy (non-hydrogen) atoms. The van der Waals surface area contributed by atoms with Crippen LogP contribution >= 0.6 is 0 Å². The van der Waals surface area contributed by atoms with E-state index in [1.165, 1.54) is 57.8 Å². The Kier molecular flexibility index (Phi) is 10.6. The molecule has 0 fully saturated rings. The van der Waals surface area contributed by atoms with Gasteiger partial charge in [-0.05, 0) is 18.8 Å². The summed E-state index contributed by atoms with van der Waals surface area (Å²) < 4.78 is 0. The van der Waals surface area contributed by atoms with E-state index in [4.69, 9.17) is 0 Å². The Morgan fingerprint density at radius 1 is 1.00 bits per heavy atom. The van der Waals surface area contributed by atoms with Crippen molar-refractivity contribution < 1.29 is 0 Å². The van der Waals surface area contributed by atoms with Crippen LogP contribution in [0.3, 0.4) is 0 Å². The van der Waals surface area contributed by atoms with Crippen LogP contribution < -0.4 is 0 Å². The Balaban J connectivity index is 3.06. The van der Waals surface area contributed by atoms with E-state index in [-0.39, 0.29) is 0 Å². The van der Waals surface area contributed by atoms with Crippen molar-refractivity contribution in [3.05, 3.63) is 12.7 Å². The first kappa shape index (κ1) is 13.7. The molecule has 0 aliphatic rings. The van der Waals surface area contributed by atoms with Crippen molar-refractivity contribution in [3.8, 4) is 0 Å². The fourth-order valence-electron chi connectivity index (χ4n) is 1.83. The van der Waals surface area contributed by atoms with Gasteiger partial charge in [0.25, 0.3) is 0 Å². The van der Waals surface area contributed by atoms with Gasteiger partial charge >= 0.3 is 0 Å². The molecule has 0 spiro atoms. The van der Waals surface area contributed by atoms with Gasteiger partial charge in [-0.2, -0.15) is 0 Å². The highest BCUT2D eigenvalue weighted by molar-refractivity contribution is 4.65. The third kappa shape index (κ3) is 9.83. The average molecular weight is 196 g/mol.